The Morgan fingerprint density at radius 2 is 1.97 bits per heavy atom. The number of aromatic nitrogens is 3. The highest BCUT2D eigenvalue weighted by Crippen LogP contribution is 2.43. The number of alkyl halides is 3. The molecule has 3 aromatic rings. The molecule has 1 amide bonds. The molecule has 0 spiro atoms. The molecule has 0 aliphatic carbocycles. The normalized spacial score (nSPS) is 18.4. The van der Waals surface area contributed by atoms with E-state index in [1.807, 2.05) is 0 Å². The summed E-state index contributed by atoms with van der Waals surface area (Å²) in [5.74, 6) is -0.344. The quantitative estimate of drug-likeness (QED) is 0.491. The number of fused-ring (bicyclic) bond motifs is 1. The predicted molar refractivity (Wildman–Crippen MR) is 110 cm³/mol. The predicted octanol–water partition coefficient (Wildman–Crippen LogP) is 5.61. The Balaban J connectivity index is 1.63. The van der Waals surface area contributed by atoms with Crippen molar-refractivity contribution in [2.24, 2.45) is 0 Å². The zero-order valence-electron chi connectivity index (χ0n) is 15.1. The molecule has 2 atom stereocenters. The van der Waals surface area contributed by atoms with Gasteiger partial charge < -0.3 is 10.6 Å². The summed E-state index contributed by atoms with van der Waals surface area (Å²) >= 11 is 9.07. The molecule has 1 aromatic carbocycles. The minimum Gasteiger partial charge on any atom is -0.363 e. The highest BCUT2D eigenvalue weighted by Gasteiger charge is 2.46. The molecular weight excluding hydrogens is 487 g/mol. The van der Waals surface area contributed by atoms with Gasteiger partial charge in [0, 0.05) is 23.2 Å². The summed E-state index contributed by atoms with van der Waals surface area (Å²) in [7, 11) is 0. The van der Waals surface area contributed by atoms with Crippen LogP contribution in [0.25, 0.3) is 0 Å². The van der Waals surface area contributed by atoms with E-state index in [1.165, 1.54) is 24.4 Å². The molecule has 6 nitrogen and oxygen atoms in total. The molecule has 3 heterocycles. The van der Waals surface area contributed by atoms with Crippen LogP contribution in [0.1, 0.15) is 34.6 Å². The zero-order valence-corrected chi connectivity index (χ0v) is 17.5. The third-order valence-electron chi connectivity index (χ3n) is 4.66. The largest absolute Gasteiger partial charge is 0.410 e. The van der Waals surface area contributed by atoms with E-state index in [0.29, 0.717) is 10.6 Å². The van der Waals surface area contributed by atoms with Gasteiger partial charge >= 0.3 is 6.18 Å². The number of hydrogen-bond acceptors (Lipinski definition) is 4. The Morgan fingerprint density at radius 3 is 2.60 bits per heavy atom. The molecule has 2 aromatic heterocycles. The van der Waals surface area contributed by atoms with Gasteiger partial charge in [-0.1, -0.05) is 39.7 Å². The minimum absolute atomic E-state index is 0.116. The number of nitrogens with zero attached hydrogens (tertiary/aromatic N) is 3. The van der Waals surface area contributed by atoms with E-state index in [2.05, 4.69) is 36.6 Å². The summed E-state index contributed by atoms with van der Waals surface area (Å²) in [5, 5.41) is 9.86. The molecule has 0 fully saturated rings. The molecule has 11 heteroatoms. The fourth-order valence-corrected chi connectivity index (χ4v) is 3.60. The lowest BCUT2D eigenvalue weighted by Gasteiger charge is -2.33. The molecule has 0 saturated heterocycles. The molecule has 0 radical (unpaired) electrons. The first-order valence-electron chi connectivity index (χ1n) is 8.82. The summed E-state index contributed by atoms with van der Waals surface area (Å²) < 4.78 is 42.9. The number of nitrogens with one attached hydrogen (secondary N) is 2. The van der Waals surface area contributed by atoms with Gasteiger partial charge in [-0.15, -0.1) is 0 Å². The lowest BCUT2D eigenvalue weighted by molar-refractivity contribution is -0.173. The average molecular weight is 501 g/mol. The van der Waals surface area contributed by atoms with Gasteiger partial charge in [0.2, 0.25) is 0 Å². The number of halogens is 5. The molecule has 0 unspecified atom stereocenters. The third-order valence-corrected chi connectivity index (χ3v) is 5.42. The number of rotatable bonds is 3. The highest BCUT2D eigenvalue weighted by atomic mass is 79.9. The van der Waals surface area contributed by atoms with E-state index in [4.69, 9.17) is 11.6 Å². The van der Waals surface area contributed by atoms with Crippen molar-refractivity contribution in [3.63, 3.8) is 0 Å². The number of anilines is 2. The molecular formula is C19H14BrClF3N5O. The second-order valence-corrected chi connectivity index (χ2v) is 8.07. The average Bonchev–Trinajstić information content (AvgIpc) is 3.13. The summed E-state index contributed by atoms with van der Waals surface area (Å²) in [4.78, 5) is 16.4. The monoisotopic (exact) mass is 499 g/mol. The topological polar surface area (TPSA) is 71.8 Å². The van der Waals surface area contributed by atoms with Gasteiger partial charge in [-0.25, -0.2) is 9.67 Å². The fourth-order valence-electron chi connectivity index (χ4n) is 3.23. The number of pyridine rings is 1. The van der Waals surface area contributed by atoms with Crippen LogP contribution in [0.4, 0.5) is 24.8 Å². The Hall–Kier alpha value is -2.59. The first-order valence-corrected chi connectivity index (χ1v) is 9.99. The summed E-state index contributed by atoms with van der Waals surface area (Å²) in [6.45, 7) is 0. The van der Waals surface area contributed by atoms with Crippen LogP contribution in [0, 0.1) is 0 Å². The number of carbonyl (C=O) groups excluding carboxylic acids is 1. The van der Waals surface area contributed by atoms with Crippen molar-refractivity contribution in [1.29, 1.82) is 0 Å². The fraction of sp³-hybridized carbons (Fsp3) is 0.211. The number of amides is 1. The van der Waals surface area contributed by atoms with Crippen LogP contribution in [0.5, 0.6) is 0 Å². The van der Waals surface area contributed by atoms with Crippen LogP contribution in [0.3, 0.4) is 0 Å². The standard InChI is InChI=1S/C19H14BrClF3N5O/c20-11-3-1-10(2-4-11)13-7-15(19(22,23)24)29-17(26-13)8-14(28-29)18(30)27-16-6-5-12(21)9-25-16/h1-6,8-9,13,15,26H,7H2,(H,25,27,30)/t13-,15-/m0/s1. The Kier molecular flexibility index (Phi) is 5.46. The SMILES string of the molecule is O=C(Nc1ccc(Cl)cn1)c1cc2n(n1)[C@H](C(F)(F)F)C[C@@H](c1ccc(Br)cc1)N2. The van der Waals surface area contributed by atoms with Crippen LogP contribution in [-0.4, -0.2) is 26.8 Å². The van der Waals surface area contributed by atoms with E-state index in [-0.39, 0.29) is 23.8 Å². The Morgan fingerprint density at radius 1 is 1.23 bits per heavy atom. The summed E-state index contributed by atoms with van der Waals surface area (Å²) in [5.41, 5.74) is 0.552. The van der Waals surface area contributed by atoms with Gasteiger partial charge in [-0.2, -0.15) is 18.3 Å². The van der Waals surface area contributed by atoms with Gasteiger partial charge in [-0.05, 0) is 29.8 Å². The molecule has 0 saturated carbocycles. The van der Waals surface area contributed by atoms with Crippen molar-refractivity contribution in [3.8, 4) is 0 Å². The maximum Gasteiger partial charge on any atom is 0.410 e. The Bertz CT molecular complexity index is 1070. The maximum atomic E-state index is 13.7. The first-order chi connectivity index (χ1) is 14.2. The second-order valence-electron chi connectivity index (χ2n) is 6.72. The molecule has 4 rings (SSSR count). The van der Waals surface area contributed by atoms with Crippen molar-refractivity contribution in [2.75, 3.05) is 10.6 Å². The van der Waals surface area contributed by atoms with E-state index in [0.717, 1.165) is 9.15 Å². The van der Waals surface area contributed by atoms with Crippen LogP contribution < -0.4 is 10.6 Å². The lowest BCUT2D eigenvalue weighted by atomic mass is 9.97. The maximum absolute atomic E-state index is 13.7. The van der Waals surface area contributed by atoms with Crippen LogP contribution in [-0.2, 0) is 0 Å². The highest BCUT2D eigenvalue weighted by molar-refractivity contribution is 9.10. The van der Waals surface area contributed by atoms with Crippen molar-refractivity contribution < 1.29 is 18.0 Å². The van der Waals surface area contributed by atoms with E-state index >= 15 is 0 Å². The van der Waals surface area contributed by atoms with Crippen LogP contribution in [0.15, 0.2) is 53.1 Å². The smallest absolute Gasteiger partial charge is 0.363 e. The van der Waals surface area contributed by atoms with Gasteiger partial charge in [0.1, 0.15) is 11.6 Å². The van der Waals surface area contributed by atoms with E-state index < -0.39 is 24.2 Å². The lowest BCUT2D eigenvalue weighted by Crippen LogP contribution is -2.35. The summed E-state index contributed by atoms with van der Waals surface area (Å²) in [6, 6.07) is 8.91. The van der Waals surface area contributed by atoms with Crippen LogP contribution >= 0.6 is 27.5 Å². The van der Waals surface area contributed by atoms with E-state index in [1.54, 1.807) is 24.3 Å². The van der Waals surface area contributed by atoms with Crippen molar-refractivity contribution >= 4 is 45.1 Å². The van der Waals surface area contributed by atoms with Gasteiger partial charge in [0.25, 0.3) is 5.91 Å². The first kappa shape index (κ1) is 20.7. The van der Waals surface area contributed by atoms with Crippen LogP contribution in [0.2, 0.25) is 5.02 Å². The molecule has 0 bridgehead atoms. The zero-order chi connectivity index (χ0) is 21.5. The van der Waals surface area contributed by atoms with Crippen molar-refractivity contribution in [3.05, 3.63) is 69.4 Å². The molecule has 156 valence electrons. The third kappa shape index (κ3) is 4.29. The Labute approximate surface area is 182 Å². The van der Waals surface area contributed by atoms with Gasteiger partial charge in [0.15, 0.2) is 11.7 Å². The van der Waals surface area contributed by atoms with E-state index in [9.17, 15) is 18.0 Å². The van der Waals surface area contributed by atoms with Crippen molar-refractivity contribution in [2.45, 2.75) is 24.7 Å². The minimum atomic E-state index is -4.53. The molecule has 30 heavy (non-hydrogen) atoms. The molecule has 2 N–H and O–H groups in total. The number of benzene rings is 1. The number of hydrogen-bond donors (Lipinski definition) is 2. The molecule has 1 aliphatic rings. The number of carbonyl (C=O) groups is 1. The van der Waals surface area contributed by atoms with Gasteiger partial charge in [0.05, 0.1) is 11.1 Å². The van der Waals surface area contributed by atoms with Crippen molar-refractivity contribution in [1.82, 2.24) is 14.8 Å². The second kappa shape index (κ2) is 7.92. The molecule has 1 aliphatic heterocycles. The van der Waals surface area contributed by atoms with Gasteiger partial charge in [-0.3, -0.25) is 4.79 Å². The summed E-state index contributed by atoms with van der Waals surface area (Å²) in [6.07, 6.45) is -3.43.